The van der Waals surface area contributed by atoms with E-state index in [0.29, 0.717) is 0 Å². The normalized spacial score (nSPS) is 15.8. The van der Waals surface area contributed by atoms with Crippen molar-refractivity contribution < 1.29 is 0 Å². The first-order valence-electron chi connectivity index (χ1n) is 7.66. The molecule has 1 saturated heterocycles. The molecule has 0 radical (unpaired) electrons. The molecule has 106 valence electrons. The summed E-state index contributed by atoms with van der Waals surface area (Å²) in [7, 11) is 1.98. The average molecular weight is 269 g/mol. The quantitative estimate of drug-likeness (QED) is 0.925. The van der Waals surface area contributed by atoms with Gasteiger partial charge in [0.1, 0.15) is 0 Å². The third-order valence-corrected chi connectivity index (χ3v) is 4.08. The molecular weight excluding hydrogens is 246 g/mol. The average Bonchev–Trinajstić information content (AvgIpc) is 2.53. The van der Waals surface area contributed by atoms with E-state index in [2.05, 4.69) is 40.5 Å². The van der Waals surface area contributed by atoms with Crippen LogP contribution in [0.2, 0.25) is 0 Å². The maximum absolute atomic E-state index is 4.74. The molecule has 1 N–H and O–H groups in total. The van der Waals surface area contributed by atoms with E-state index >= 15 is 0 Å². The number of aromatic nitrogens is 1. The van der Waals surface area contributed by atoms with E-state index in [9.17, 15) is 0 Å². The number of benzene rings is 1. The minimum absolute atomic E-state index is 0.977. The number of rotatable bonds is 4. The van der Waals surface area contributed by atoms with Gasteiger partial charge < -0.3 is 10.2 Å². The third kappa shape index (κ3) is 2.93. The number of pyridine rings is 1. The molecule has 1 fully saturated rings. The minimum Gasteiger partial charge on any atom is -0.372 e. The molecule has 3 rings (SSSR count). The van der Waals surface area contributed by atoms with Gasteiger partial charge in [0.2, 0.25) is 0 Å². The number of nitrogens with one attached hydrogen (secondary N) is 1. The fourth-order valence-electron chi connectivity index (χ4n) is 2.90. The van der Waals surface area contributed by atoms with Crippen LogP contribution in [0.3, 0.4) is 0 Å². The SMILES string of the molecule is CNCCc1ccc2cc(N3CCCCC3)ccc2n1. The Kier molecular flexibility index (Phi) is 4.16. The number of likely N-dealkylation sites (N-methyl/N-ethyl adjacent to an activating group) is 1. The number of piperidine rings is 1. The topological polar surface area (TPSA) is 28.2 Å². The first-order valence-corrected chi connectivity index (χ1v) is 7.66. The lowest BCUT2D eigenvalue weighted by atomic mass is 10.1. The van der Waals surface area contributed by atoms with Gasteiger partial charge in [0.25, 0.3) is 0 Å². The summed E-state index contributed by atoms with van der Waals surface area (Å²) in [6, 6.07) is 11.0. The molecular formula is C17H23N3. The second kappa shape index (κ2) is 6.23. The van der Waals surface area contributed by atoms with Crippen LogP contribution < -0.4 is 10.2 Å². The Morgan fingerprint density at radius 3 is 2.75 bits per heavy atom. The molecule has 0 bridgehead atoms. The molecule has 0 aliphatic carbocycles. The predicted molar refractivity (Wildman–Crippen MR) is 85.4 cm³/mol. The molecule has 1 aromatic carbocycles. The van der Waals surface area contributed by atoms with Gasteiger partial charge >= 0.3 is 0 Å². The van der Waals surface area contributed by atoms with Crippen LogP contribution in [-0.4, -0.2) is 31.7 Å². The van der Waals surface area contributed by atoms with Crippen molar-refractivity contribution in [2.75, 3.05) is 31.6 Å². The van der Waals surface area contributed by atoms with E-state index in [1.165, 1.54) is 43.4 Å². The number of hydrogen-bond donors (Lipinski definition) is 1. The van der Waals surface area contributed by atoms with Crippen molar-refractivity contribution >= 4 is 16.6 Å². The molecule has 1 aromatic heterocycles. The smallest absolute Gasteiger partial charge is 0.0706 e. The van der Waals surface area contributed by atoms with Crippen LogP contribution in [0.25, 0.3) is 10.9 Å². The highest BCUT2D eigenvalue weighted by Crippen LogP contribution is 2.24. The van der Waals surface area contributed by atoms with Gasteiger partial charge in [-0.05, 0) is 50.6 Å². The van der Waals surface area contributed by atoms with Crippen LogP contribution in [0.5, 0.6) is 0 Å². The highest BCUT2D eigenvalue weighted by Gasteiger charge is 2.11. The van der Waals surface area contributed by atoms with Crippen LogP contribution in [0.4, 0.5) is 5.69 Å². The van der Waals surface area contributed by atoms with Crippen molar-refractivity contribution in [3.8, 4) is 0 Å². The Morgan fingerprint density at radius 2 is 1.95 bits per heavy atom. The van der Waals surface area contributed by atoms with Crippen molar-refractivity contribution in [2.45, 2.75) is 25.7 Å². The van der Waals surface area contributed by atoms with Gasteiger partial charge in [-0.2, -0.15) is 0 Å². The van der Waals surface area contributed by atoms with Crippen LogP contribution >= 0.6 is 0 Å². The second-order valence-electron chi connectivity index (χ2n) is 5.58. The Bertz CT molecular complexity index is 573. The van der Waals surface area contributed by atoms with Gasteiger partial charge in [-0.25, -0.2) is 0 Å². The van der Waals surface area contributed by atoms with Crippen molar-refractivity contribution in [3.63, 3.8) is 0 Å². The summed E-state index contributed by atoms with van der Waals surface area (Å²) in [6.07, 6.45) is 5.00. The second-order valence-corrected chi connectivity index (χ2v) is 5.58. The Labute approximate surface area is 121 Å². The Hall–Kier alpha value is -1.61. The van der Waals surface area contributed by atoms with Crippen LogP contribution in [-0.2, 0) is 6.42 Å². The predicted octanol–water partition coefficient (Wildman–Crippen LogP) is 2.99. The van der Waals surface area contributed by atoms with E-state index in [1.807, 2.05) is 7.05 Å². The molecule has 0 amide bonds. The van der Waals surface area contributed by atoms with E-state index in [0.717, 1.165) is 24.2 Å². The van der Waals surface area contributed by atoms with E-state index < -0.39 is 0 Å². The zero-order valence-corrected chi connectivity index (χ0v) is 12.2. The van der Waals surface area contributed by atoms with E-state index in [4.69, 9.17) is 4.98 Å². The summed E-state index contributed by atoms with van der Waals surface area (Å²) < 4.78 is 0. The van der Waals surface area contributed by atoms with Crippen LogP contribution in [0, 0.1) is 0 Å². The molecule has 3 nitrogen and oxygen atoms in total. The van der Waals surface area contributed by atoms with Gasteiger partial charge in [-0.3, -0.25) is 4.98 Å². The third-order valence-electron chi connectivity index (χ3n) is 4.08. The lowest BCUT2D eigenvalue weighted by Crippen LogP contribution is -2.29. The monoisotopic (exact) mass is 269 g/mol. The largest absolute Gasteiger partial charge is 0.372 e. The van der Waals surface area contributed by atoms with Gasteiger partial charge in [0.15, 0.2) is 0 Å². The zero-order chi connectivity index (χ0) is 13.8. The molecule has 2 heterocycles. The Balaban J connectivity index is 1.84. The summed E-state index contributed by atoms with van der Waals surface area (Å²) in [5.41, 5.74) is 3.62. The number of hydrogen-bond acceptors (Lipinski definition) is 3. The summed E-state index contributed by atoms with van der Waals surface area (Å²) in [6.45, 7) is 3.36. The Morgan fingerprint density at radius 1 is 1.10 bits per heavy atom. The molecule has 0 unspecified atom stereocenters. The fraction of sp³-hybridized carbons (Fsp3) is 0.471. The molecule has 3 heteroatoms. The number of nitrogens with zero attached hydrogens (tertiary/aromatic N) is 2. The number of anilines is 1. The van der Waals surface area contributed by atoms with Crippen LogP contribution in [0.1, 0.15) is 25.0 Å². The summed E-state index contributed by atoms with van der Waals surface area (Å²) in [5, 5.41) is 4.42. The molecule has 20 heavy (non-hydrogen) atoms. The zero-order valence-electron chi connectivity index (χ0n) is 12.2. The molecule has 1 aliphatic heterocycles. The van der Waals surface area contributed by atoms with Gasteiger partial charge in [-0.1, -0.05) is 6.07 Å². The standard InChI is InChI=1S/C17H23N3/c1-18-10-9-15-6-5-14-13-16(7-8-17(14)19-15)20-11-3-2-4-12-20/h5-8,13,18H,2-4,9-12H2,1H3. The van der Waals surface area contributed by atoms with Gasteiger partial charge in [-0.15, -0.1) is 0 Å². The van der Waals surface area contributed by atoms with Crippen molar-refractivity contribution in [3.05, 3.63) is 36.0 Å². The first-order chi connectivity index (χ1) is 9.86. The van der Waals surface area contributed by atoms with Crippen LogP contribution in [0.15, 0.2) is 30.3 Å². The summed E-state index contributed by atoms with van der Waals surface area (Å²) in [5.74, 6) is 0. The maximum atomic E-state index is 4.74. The molecule has 0 atom stereocenters. The van der Waals surface area contributed by atoms with Crippen molar-refractivity contribution in [2.24, 2.45) is 0 Å². The first kappa shape index (κ1) is 13.4. The highest BCUT2D eigenvalue weighted by atomic mass is 15.1. The lowest BCUT2D eigenvalue weighted by Gasteiger charge is -2.29. The van der Waals surface area contributed by atoms with E-state index in [1.54, 1.807) is 0 Å². The highest BCUT2D eigenvalue weighted by molar-refractivity contribution is 5.82. The fourth-order valence-corrected chi connectivity index (χ4v) is 2.90. The molecule has 0 spiro atoms. The summed E-state index contributed by atoms with van der Waals surface area (Å²) in [4.78, 5) is 7.24. The molecule has 1 aliphatic rings. The molecule has 2 aromatic rings. The van der Waals surface area contributed by atoms with Crippen molar-refractivity contribution in [1.82, 2.24) is 10.3 Å². The summed E-state index contributed by atoms with van der Waals surface area (Å²) >= 11 is 0. The van der Waals surface area contributed by atoms with E-state index in [-0.39, 0.29) is 0 Å². The van der Waals surface area contributed by atoms with Crippen molar-refractivity contribution in [1.29, 1.82) is 0 Å². The maximum Gasteiger partial charge on any atom is 0.0706 e. The lowest BCUT2D eigenvalue weighted by molar-refractivity contribution is 0.578. The van der Waals surface area contributed by atoms with Gasteiger partial charge in [0, 0.05) is 42.8 Å². The number of fused-ring (bicyclic) bond motifs is 1. The minimum atomic E-state index is 0.977. The molecule has 0 saturated carbocycles. The van der Waals surface area contributed by atoms with Gasteiger partial charge in [0.05, 0.1) is 5.52 Å².